The summed E-state index contributed by atoms with van der Waals surface area (Å²) in [6, 6.07) is 27.3. The molecule has 0 atom stereocenters. The minimum Gasteiger partial charge on any atom is -0.298 e. The van der Waals surface area contributed by atoms with E-state index in [1.807, 2.05) is 0 Å². The van der Waals surface area contributed by atoms with Crippen molar-refractivity contribution in [1.29, 1.82) is 0 Å². The summed E-state index contributed by atoms with van der Waals surface area (Å²) in [7, 11) is 0. The van der Waals surface area contributed by atoms with Crippen LogP contribution in [0.1, 0.15) is 17.5 Å². The monoisotopic (exact) mass is 380 g/mol. The highest BCUT2D eigenvalue weighted by Gasteiger charge is 2.34. The van der Waals surface area contributed by atoms with Gasteiger partial charge in [0.25, 0.3) is 0 Å². The molecule has 0 saturated carbocycles. The average Bonchev–Trinajstić information content (AvgIpc) is 2.73. The van der Waals surface area contributed by atoms with Crippen LogP contribution in [0.25, 0.3) is 22.3 Å². The first-order valence-electron chi connectivity index (χ1n) is 11.0. The molecule has 0 N–H and O–H groups in total. The van der Waals surface area contributed by atoms with E-state index in [1.54, 1.807) is 0 Å². The summed E-state index contributed by atoms with van der Waals surface area (Å²) in [6.07, 6.45) is 1.42. The molecule has 0 amide bonds. The predicted molar refractivity (Wildman–Crippen MR) is 119 cm³/mol. The Morgan fingerprint density at radius 1 is 0.552 bits per heavy atom. The quantitative estimate of drug-likeness (QED) is 0.523. The van der Waals surface area contributed by atoms with Crippen LogP contribution in [0.4, 0.5) is 0 Å². The number of benzene rings is 3. The van der Waals surface area contributed by atoms with Crippen molar-refractivity contribution in [1.82, 2.24) is 9.80 Å². The second-order valence-electron chi connectivity index (χ2n) is 9.30. The van der Waals surface area contributed by atoms with E-state index >= 15 is 0 Å². The fourth-order valence-electron chi connectivity index (χ4n) is 5.93. The Morgan fingerprint density at radius 2 is 1.03 bits per heavy atom. The lowest BCUT2D eigenvalue weighted by Gasteiger charge is -2.46. The SMILES string of the molecule is c1cc2cc(c1)-c1ccccc1-c1cccc(c1)CN1CC3CC(CN(C2)C3)C1. The Labute approximate surface area is 173 Å². The Morgan fingerprint density at radius 3 is 1.52 bits per heavy atom. The van der Waals surface area contributed by atoms with E-state index in [0.29, 0.717) is 0 Å². The molecule has 7 rings (SSSR count). The van der Waals surface area contributed by atoms with Gasteiger partial charge in [-0.25, -0.2) is 0 Å². The molecular formula is C27H28N2. The van der Waals surface area contributed by atoms with Gasteiger partial charge in [-0.1, -0.05) is 60.7 Å². The number of nitrogens with zero attached hydrogens (tertiary/aromatic N) is 2. The number of piperidine rings is 2. The fraction of sp³-hybridized carbons (Fsp3) is 0.333. The van der Waals surface area contributed by atoms with Crippen molar-refractivity contribution < 1.29 is 0 Å². The highest BCUT2D eigenvalue weighted by molar-refractivity contribution is 5.83. The minimum absolute atomic E-state index is 0.816. The molecule has 4 aliphatic heterocycles. The molecule has 2 heteroatoms. The first-order chi connectivity index (χ1) is 14.3. The third-order valence-corrected chi connectivity index (χ3v) is 6.95. The largest absolute Gasteiger partial charge is 0.298 e. The van der Waals surface area contributed by atoms with Crippen LogP contribution in [-0.2, 0) is 13.1 Å². The van der Waals surface area contributed by atoms with Crippen molar-refractivity contribution in [2.45, 2.75) is 19.5 Å². The van der Waals surface area contributed by atoms with Crippen molar-refractivity contribution >= 4 is 0 Å². The van der Waals surface area contributed by atoms with Gasteiger partial charge in [-0.3, -0.25) is 9.80 Å². The van der Waals surface area contributed by atoms with Gasteiger partial charge in [0, 0.05) is 39.3 Å². The Kier molecular flexibility index (Phi) is 4.28. The highest BCUT2D eigenvalue weighted by Crippen LogP contribution is 2.35. The van der Waals surface area contributed by atoms with Gasteiger partial charge in [0.2, 0.25) is 0 Å². The molecule has 0 radical (unpaired) electrons. The topological polar surface area (TPSA) is 6.48 Å². The number of hydrogen-bond donors (Lipinski definition) is 0. The Hall–Kier alpha value is -2.42. The molecule has 4 aliphatic rings. The van der Waals surface area contributed by atoms with Crippen LogP contribution in [0.15, 0.2) is 72.8 Å². The Balaban J connectivity index is 1.51. The molecule has 0 spiro atoms. The zero-order valence-electron chi connectivity index (χ0n) is 16.9. The molecule has 0 aromatic heterocycles. The smallest absolute Gasteiger partial charge is 0.0234 e. The van der Waals surface area contributed by atoms with E-state index in [4.69, 9.17) is 0 Å². The zero-order valence-corrected chi connectivity index (χ0v) is 16.9. The van der Waals surface area contributed by atoms with Crippen molar-refractivity contribution in [2.24, 2.45) is 11.8 Å². The standard InChI is InChI=1S/C27H28N2/c1-2-10-27-25-8-4-6-21(13-25)15-29-18-22-11-23(19-29)17-28(16-22)14-20-5-3-7-24(12-20)26(27)9-1/h1-10,12-13,22-23H,11,14-19H2. The van der Waals surface area contributed by atoms with E-state index in [-0.39, 0.29) is 0 Å². The summed E-state index contributed by atoms with van der Waals surface area (Å²) < 4.78 is 0. The third-order valence-electron chi connectivity index (χ3n) is 6.95. The zero-order chi connectivity index (χ0) is 19.2. The molecule has 0 unspecified atom stereocenters. The van der Waals surface area contributed by atoms with Gasteiger partial charge in [-0.15, -0.1) is 0 Å². The van der Waals surface area contributed by atoms with Crippen LogP contribution >= 0.6 is 0 Å². The van der Waals surface area contributed by atoms with Crippen molar-refractivity contribution in [3.05, 3.63) is 83.9 Å². The normalized spacial score (nSPS) is 27.7. The molecule has 8 bridgehead atoms. The van der Waals surface area contributed by atoms with Gasteiger partial charge in [0.05, 0.1) is 0 Å². The van der Waals surface area contributed by atoms with Crippen molar-refractivity contribution in [3.8, 4) is 22.3 Å². The summed E-state index contributed by atoms with van der Waals surface area (Å²) in [4.78, 5) is 5.42. The van der Waals surface area contributed by atoms with Gasteiger partial charge in [0.15, 0.2) is 0 Å². The van der Waals surface area contributed by atoms with Gasteiger partial charge < -0.3 is 0 Å². The lowest BCUT2D eigenvalue weighted by molar-refractivity contribution is 0.0242. The molecule has 0 aliphatic carbocycles. The van der Waals surface area contributed by atoms with Gasteiger partial charge in [-0.05, 0) is 63.8 Å². The summed E-state index contributed by atoms with van der Waals surface area (Å²) in [5.74, 6) is 1.63. The highest BCUT2D eigenvalue weighted by atomic mass is 15.2. The maximum atomic E-state index is 2.71. The van der Waals surface area contributed by atoms with Gasteiger partial charge in [0.1, 0.15) is 0 Å². The minimum atomic E-state index is 0.816. The van der Waals surface area contributed by atoms with Crippen LogP contribution < -0.4 is 0 Å². The molecule has 2 nitrogen and oxygen atoms in total. The summed E-state index contributed by atoms with van der Waals surface area (Å²) >= 11 is 0. The lowest BCUT2D eigenvalue weighted by atomic mass is 9.84. The molecule has 4 heterocycles. The van der Waals surface area contributed by atoms with Crippen molar-refractivity contribution in [3.63, 3.8) is 0 Å². The molecule has 3 aromatic carbocycles. The van der Waals surface area contributed by atoms with Crippen molar-refractivity contribution in [2.75, 3.05) is 26.2 Å². The van der Waals surface area contributed by atoms with Crippen LogP contribution in [0.5, 0.6) is 0 Å². The summed E-state index contributed by atoms with van der Waals surface area (Å²) in [5, 5.41) is 0. The van der Waals surface area contributed by atoms with E-state index in [9.17, 15) is 0 Å². The van der Waals surface area contributed by atoms with E-state index in [2.05, 4.69) is 82.6 Å². The maximum Gasteiger partial charge on any atom is 0.0234 e. The summed E-state index contributed by atoms with van der Waals surface area (Å²) in [6.45, 7) is 7.14. The maximum absolute atomic E-state index is 2.71. The van der Waals surface area contributed by atoms with Crippen LogP contribution in [0.2, 0.25) is 0 Å². The van der Waals surface area contributed by atoms with Gasteiger partial charge in [-0.2, -0.15) is 0 Å². The first kappa shape index (κ1) is 17.4. The predicted octanol–water partition coefficient (Wildman–Crippen LogP) is 5.29. The average molecular weight is 381 g/mol. The van der Waals surface area contributed by atoms with Gasteiger partial charge >= 0.3 is 0 Å². The fourth-order valence-corrected chi connectivity index (χ4v) is 5.93. The third kappa shape index (κ3) is 3.41. The second kappa shape index (κ2) is 7.12. The number of hydrogen-bond acceptors (Lipinski definition) is 2. The van der Waals surface area contributed by atoms with Crippen LogP contribution in [-0.4, -0.2) is 36.0 Å². The molecular weight excluding hydrogens is 352 g/mol. The van der Waals surface area contributed by atoms with Crippen LogP contribution in [0.3, 0.4) is 0 Å². The second-order valence-corrected chi connectivity index (χ2v) is 9.30. The lowest BCUT2D eigenvalue weighted by Crippen LogP contribution is -2.52. The van der Waals surface area contributed by atoms with Crippen LogP contribution in [0, 0.1) is 11.8 Å². The molecule has 3 aromatic rings. The van der Waals surface area contributed by atoms with E-state index in [1.165, 1.54) is 66.0 Å². The molecule has 2 saturated heterocycles. The first-order valence-corrected chi connectivity index (χ1v) is 11.0. The molecule has 29 heavy (non-hydrogen) atoms. The van der Waals surface area contributed by atoms with E-state index < -0.39 is 0 Å². The summed E-state index contributed by atoms with van der Waals surface area (Å²) in [5.41, 5.74) is 8.22. The van der Waals surface area contributed by atoms with E-state index in [0.717, 1.165) is 24.9 Å². The molecule has 146 valence electrons. The molecule has 2 fully saturated rings. The Bertz CT molecular complexity index is 945. The number of rotatable bonds is 0.